The Morgan fingerprint density at radius 1 is 1.20 bits per heavy atom. The average molecular weight is 371 g/mol. The van der Waals surface area contributed by atoms with Gasteiger partial charge >= 0.3 is 5.97 Å². The zero-order chi connectivity index (χ0) is 14.5. The number of ketones is 1. The Kier molecular flexibility index (Phi) is 5.39. The molecule has 0 aliphatic heterocycles. The first-order valence-corrected chi connectivity index (χ1v) is 8.53. The molecule has 0 fully saturated rings. The highest BCUT2D eigenvalue weighted by molar-refractivity contribution is 9.11. The molecule has 20 heavy (non-hydrogen) atoms. The molecule has 0 spiro atoms. The van der Waals surface area contributed by atoms with Gasteiger partial charge in [0.15, 0.2) is 6.61 Å². The van der Waals surface area contributed by atoms with Crippen molar-refractivity contribution in [2.45, 2.75) is 4.90 Å². The Morgan fingerprint density at radius 3 is 2.45 bits per heavy atom. The predicted octanol–water partition coefficient (Wildman–Crippen LogP) is 4.27. The number of esters is 1. The predicted molar refractivity (Wildman–Crippen MR) is 84.9 cm³/mol. The van der Waals surface area contributed by atoms with Gasteiger partial charge in [0.1, 0.15) is 0 Å². The summed E-state index contributed by atoms with van der Waals surface area (Å²) in [5.41, 5.74) is 0.447. The first-order chi connectivity index (χ1) is 9.60. The van der Waals surface area contributed by atoms with Gasteiger partial charge in [0.25, 0.3) is 0 Å². The van der Waals surface area contributed by atoms with Crippen LogP contribution in [0.25, 0.3) is 0 Å². The third-order valence-electron chi connectivity index (χ3n) is 2.51. The van der Waals surface area contributed by atoms with Crippen LogP contribution in [0.2, 0.25) is 0 Å². The molecule has 0 N–H and O–H groups in total. The van der Waals surface area contributed by atoms with Gasteiger partial charge in [0.2, 0.25) is 5.78 Å². The van der Waals surface area contributed by atoms with Crippen LogP contribution in [-0.2, 0) is 4.74 Å². The Morgan fingerprint density at radius 2 is 1.90 bits per heavy atom. The molecule has 1 heterocycles. The molecular weight excluding hydrogens is 360 g/mol. The van der Waals surface area contributed by atoms with Gasteiger partial charge in [-0.1, -0.05) is 0 Å². The summed E-state index contributed by atoms with van der Waals surface area (Å²) in [6, 6.07) is 10.6. The molecular formula is C14H11BrO3S2. The van der Waals surface area contributed by atoms with Crippen LogP contribution < -0.4 is 0 Å². The van der Waals surface area contributed by atoms with E-state index in [1.807, 2.05) is 18.4 Å². The molecule has 0 unspecified atom stereocenters. The molecule has 1 aromatic carbocycles. The molecule has 0 amide bonds. The molecule has 2 rings (SSSR count). The molecule has 0 saturated carbocycles. The molecule has 0 radical (unpaired) electrons. The van der Waals surface area contributed by atoms with Gasteiger partial charge in [0, 0.05) is 4.90 Å². The normalized spacial score (nSPS) is 10.3. The lowest BCUT2D eigenvalue weighted by atomic mass is 10.2. The first kappa shape index (κ1) is 15.3. The van der Waals surface area contributed by atoms with Crippen molar-refractivity contribution in [3.63, 3.8) is 0 Å². The van der Waals surface area contributed by atoms with Gasteiger partial charge in [-0.3, -0.25) is 4.79 Å². The second kappa shape index (κ2) is 7.06. The molecule has 0 saturated heterocycles. The molecule has 104 valence electrons. The van der Waals surface area contributed by atoms with Gasteiger partial charge < -0.3 is 4.74 Å². The zero-order valence-corrected chi connectivity index (χ0v) is 13.8. The van der Waals surface area contributed by atoms with Gasteiger partial charge in [-0.15, -0.1) is 23.1 Å². The van der Waals surface area contributed by atoms with E-state index in [1.165, 1.54) is 11.3 Å². The van der Waals surface area contributed by atoms with E-state index in [-0.39, 0.29) is 12.4 Å². The number of benzene rings is 1. The molecule has 0 bridgehead atoms. The van der Waals surface area contributed by atoms with Crippen LogP contribution in [0.15, 0.2) is 45.1 Å². The number of rotatable bonds is 5. The molecule has 1 aromatic heterocycles. The lowest BCUT2D eigenvalue weighted by Gasteiger charge is -2.04. The summed E-state index contributed by atoms with van der Waals surface area (Å²) in [4.78, 5) is 25.2. The minimum absolute atomic E-state index is 0.199. The molecule has 3 nitrogen and oxygen atoms in total. The van der Waals surface area contributed by atoms with E-state index in [9.17, 15) is 9.59 Å². The fraction of sp³-hybridized carbons (Fsp3) is 0.143. The van der Waals surface area contributed by atoms with Gasteiger partial charge in [-0.2, -0.15) is 0 Å². The summed E-state index contributed by atoms with van der Waals surface area (Å²) >= 11 is 6.21. The molecule has 2 aromatic rings. The largest absolute Gasteiger partial charge is 0.454 e. The van der Waals surface area contributed by atoms with Crippen LogP contribution in [-0.4, -0.2) is 24.6 Å². The topological polar surface area (TPSA) is 43.4 Å². The minimum atomic E-state index is -0.485. The summed E-state index contributed by atoms with van der Waals surface area (Å²) in [6.45, 7) is -0.240. The second-order valence-corrected chi connectivity index (χ2v) is 7.17. The highest BCUT2D eigenvalue weighted by atomic mass is 79.9. The van der Waals surface area contributed by atoms with Crippen molar-refractivity contribution < 1.29 is 14.3 Å². The smallest absolute Gasteiger partial charge is 0.338 e. The maximum Gasteiger partial charge on any atom is 0.338 e. The molecule has 6 heteroatoms. The van der Waals surface area contributed by atoms with E-state index in [4.69, 9.17) is 4.74 Å². The summed E-state index contributed by atoms with van der Waals surface area (Å²) in [5.74, 6) is -0.684. The number of Topliss-reactive ketones (excluding diaryl/α,β-unsaturated/α-hetero) is 1. The van der Waals surface area contributed by atoms with Gasteiger partial charge in [-0.25, -0.2) is 4.79 Å². The zero-order valence-electron chi connectivity index (χ0n) is 10.6. The van der Waals surface area contributed by atoms with Crippen LogP contribution >= 0.6 is 39.0 Å². The third kappa shape index (κ3) is 3.94. The van der Waals surface area contributed by atoms with Crippen molar-refractivity contribution in [3.8, 4) is 0 Å². The summed E-state index contributed by atoms with van der Waals surface area (Å²) in [7, 11) is 0. The second-order valence-electron chi connectivity index (χ2n) is 3.83. The van der Waals surface area contributed by atoms with Crippen molar-refractivity contribution in [1.82, 2.24) is 0 Å². The monoisotopic (exact) mass is 370 g/mol. The standard InChI is InChI=1S/C14H11BrO3S2/c1-19-10-4-2-9(3-5-10)14(17)18-8-11(16)12-6-7-13(15)20-12/h2-7H,8H2,1H3. The van der Waals surface area contributed by atoms with Crippen LogP contribution in [0.4, 0.5) is 0 Å². The van der Waals surface area contributed by atoms with Crippen molar-refractivity contribution in [2.75, 3.05) is 12.9 Å². The van der Waals surface area contributed by atoms with Crippen molar-refractivity contribution in [2.24, 2.45) is 0 Å². The highest BCUT2D eigenvalue weighted by Gasteiger charge is 2.13. The fourth-order valence-corrected chi connectivity index (χ4v) is 3.20. The Balaban J connectivity index is 1.92. The maximum absolute atomic E-state index is 11.8. The van der Waals surface area contributed by atoms with E-state index in [0.29, 0.717) is 10.4 Å². The number of thiophene rings is 1. The average Bonchev–Trinajstić information content (AvgIpc) is 2.91. The maximum atomic E-state index is 11.8. The SMILES string of the molecule is CSc1ccc(C(=O)OCC(=O)c2ccc(Br)s2)cc1. The van der Waals surface area contributed by atoms with Crippen LogP contribution in [0.1, 0.15) is 20.0 Å². The third-order valence-corrected chi connectivity index (χ3v) is 4.92. The van der Waals surface area contributed by atoms with Crippen LogP contribution in [0, 0.1) is 0 Å². The Hall–Kier alpha value is -1.11. The minimum Gasteiger partial charge on any atom is -0.454 e. The Labute approximate surface area is 133 Å². The number of carbonyl (C=O) groups is 2. The highest BCUT2D eigenvalue weighted by Crippen LogP contribution is 2.22. The Bertz CT molecular complexity index is 620. The van der Waals surface area contributed by atoms with E-state index >= 15 is 0 Å². The lowest BCUT2D eigenvalue weighted by molar-refractivity contribution is 0.0476. The first-order valence-electron chi connectivity index (χ1n) is 5.70. The number of ether oxygens (including phenoxy) is 1. The molecule has 0 aliphatic rings. The van der Waals surface area contributed by atoms with Crippen LogP contribution in [0.5, 0.6) is 0 Å². The van der Waals surface area contributed by atoms with E-state index in [1.54, 1.807) is 36.0 Å². The van der Waals surface area contributed by atoms with Crippen molar-refractivity contribution >= 4 is 50.8 Å². The van der Waals surface area contributed by atoms with E-state index in [0.717, 1.165) is 8.68 Å². The quantitative estimate of drug-likeness (QED) is 0.447. The van der Waals surface area contributed by atoms with E-state index < -0.39 is 5.97 Å². The number of halogens is 1. The van der Waals surface area contributed by atoms with Crippen molar-refractivity contribution in [3.05, 3.63) is 50.6 Å². The van der Waals surface area contributed by atoms with Gasteiger partial charge in [0.05, 0.1) is 14.2 Å². The van der Waals surface area contributed by atoms with Crippen LogP contribution in [0.3, 0.4) is 0 Å². The number of hydrogen-bond acceptors (Lipinski definition) is 5. The fourth-order valence-electron chi connectivity index (χ4n) is 1.48. The summed E-state index contributed by atoms with van der Waals surface area (Å²) in [5, 5.41) is 0. The number of hydrogen-bond donors (Lipinski definition) is 0. The molecule has 0 aliphatic carbocycles. The summed E-state index contributed by atoms with van der Waals surface area (Å²) < 4.78 is 5.90. The lowest BCUT2D eigenvalue weighted by Crippen LogP contribution is -2.13. The summed E-state index contributed by atoms with van der Waals surface area (Å²) in [6.07, 6.45) is 1.96. The number of thioether (sulfide) groups is 1. The number of carbonyl (C=O) groups excluding carboxylic acids is 2. The van der Waals surface area contributed by atoms with Crippen molar-refractivity contribution in [1.29, 1.82) is 0 Å². The molecule has 0 atom stereocenters. The van der Waals surface area contributed by atoms with Gasteiger partial charge in [-0.05, 0) is 58.6 Å². The van der Waals surface area contributed by atoms with E-state index in [2.05, 4.69) is 15.9 Å².